The SMILES string of the molecule is O=C(O)[C@H](O)CCOCc1ccccc1. The number of hydrogen-bond acceptors (Lipinski definition) is 3. The van der Waals surface area contributed by atoms with E-state index in [4.69, 9.17) is 14.9 Å². The fourth-order valence-corrected chi connectivity index (χ4v) is 1.08. The Balaban J connectivity index is 2.15. The first kappa shape index (κ1) is 11.7. The average Bonchev–Trinajstić information content (AvgIpc) is 2.25. The van der Waals surface area contributed by atoms with Crippen LogP contribution in [0.2, 0.25) is 0 Å². The summed E-state index contributed by atoms with van der Waals surface area (Å²) in [5.41, 5.74) is 1.03. The van der Waals surface area contributed by atoms with Crippen LogP contribution in [-0.2, 0) is 16.1 Å². The van der Waals surface area contributed by atoms with Crippen molar-refractivity contribution in [1.82, 2.24) is 0 Å². The van der Waals surface area contributed by atoms with Crippen molar-refractivity contribution in [3.8, 4) is 0 Å². The average molecular weight is 210 g/mol. The second kappa shape index (κ2) is 6.16. The fourth-order valence-electron chi connectivity index (χ4n) is 1.08. The van der Waals surface area contributed by atoms with Crippen LogP contribution in [0, 0.1) is 0 Å². The predicted octanol–water partition coefficient (Wildman–Crippen LogP) is 1.04. The molecule has 0 saturated heterocycles. The lowest BCUT2D eigenvalue weighted by Crippen LogP contribution is -2.21. The van der Waals surface area contributed by atoms with E-state index in [2.05, 4.69) is 0 Å². The van der Waals surface area contributed by atoms with Crippen molar-refractivity contribution >= 4 is 5.97 Å². The summed E-state index contributed by atoms with van der Waals surface area (Å²) in [7, 11) is 0. The second-order valence-corrected chi connectivity index (χ2v) is 3.18. The number of aliphatic hydroxyl groups is 1. The van der Waals surface area contributed by atoms with Gasteiger partial charge in [-0.05, 0) is 5.56 Å². The van der Waals surface area contributed by atoms with Gasteiger partial charge in [0.25, 0.3) is 0 Å². The van der Waals surface area contributed by atoms with E-state index in [0.717, 1.165) is 5.56 Å². The van der Waals surface area contributed by atoms with Crippen LogP contribution in [-0.4, -0.2) is 28.9 Å². The number of aliphatic hydroxyl groups excluding tert-OH is 1. The van der Waals surface area contributed by atoms with Crippen molar-refractivity contribution in [3.63, 3.8) is 0 Å². The van der Waals surface area contributed by atoms with E-state index in [0.29, 0.717) is 6.61 Å². The number of hydrogen-bond donors (Lipinski definition) is 2. The van der Waals surface area contributed by atoms with Crippen molar-refractivity contribution in [2.24, 2.45) is 0 Å². The molecule has 1 atom stereocenters. The highest BCUT2D eigenvalue weighted by atomic mass is 16.5. The summed E-state index contributed by atoms with van der Waals surface area (Å²) in [5.74, 6) is -1.21. The van der Waals surface area contributed by atoms with Crippen LogP contribution in [0.5, 0.6) is 0 Å². The third-order valence-corrected chi connectivity index (χ3v) is 1.93. The molecular weight excluding hydrogens is 196 g/mol. The number of carbonyl (C=O) groups is 1. The van der Waals surface area contributed by atoms with E-state index in [9.17, 15) is 4.79 Å². The van der Waals surface area contributed by atoms with E-state index in [1.165, 1.54) is 0 Å². The molecule has 4 heteroatoms. The van der Waals surface area contributed by atoms with Gasteiger partial charge in [0.05, 0.1) is 13.2 Å². The molecule has 0 bridgehead atoms. The fraction of sp³-hybridized carbons (Fsp3) is 0.364. The summed E-state index contributed by atoms with van der Waals surface area (Å²) >= 11 is 0. The lowest BCUT2D eigenvalue weighted by Gasteiger charge is -2.06. The van der Waals surface area contributed by atoms with Crippen LogP contribution in [0.25, 0.3) is 0 Å². The number of carboxylic acids is 1. The highest BCUT2D eigenvalue weighted by molar-refractivity contribution is 5.71. The molecule has 0 unspecified atom stereocenters. The monoisotopic (exact) mass is 210 g/mol. The lowest BCUT2D eigenvalue weighted by molar-refractivity contribution is -0.147. The molecule has 0 aliphatic heterocycles. The number of benzene rings is 1. The summed E-state index contributed by atoms with van der Waals surface area (Å²) in [5, 5.41) is 17.3. The first-order chi connectivity index (χ1) is 7.20. The van der Waals surface area contributed by atoms with Gasteiger partial charge in [-0.25, -0.2) is 4.79 Å². The minimum atomic E-state index is -1.33. The molecule has 2 N–H and O–H groups in total. The highest BCUT2D eigenvalue weighted by Crippen LogP contribution is 2.01. The highest BCUT2D eigenvalue weighted by Gasteiger charge is 2.11. The zero-order valence-corrected chi connectivity index (χ0v) is 8.30. The van der Waals surface area contributed by atoms with Gasteiger partial charge in [-0.15, -0.1) is 0 Å². The molecular formula is C11H14O4. The molecule has 0 radical (unpaired) electrons. The Labute approximate surface area is 88.1 Å². The molecule has 0 aromatic heterocycles. The molecule has 0 aliphatic rings. The van der Waals surface area contributed by atoms with Crippen LogP contribution in [0.15, 0.2) is 30.3 Å². The van der Waals surface area contributed by atoms with Gasteiger partial charge in [0.2, 0.25) is 0 Å². The molecule has 0 saturated carbocycles. The van der Waals surface area contributed by atoms with Crippen LogP contribution in [0.3, 0.4) is 0 Å². The summed E-state index contributed by atoms with van der Waals surface area (Å²) in [6.07, 6.45) is -1.22. The molecule has 4 nitrogen and oxygen atoms in total. The maximum Gasteiger partial charge on any atom is 0.332 e. The van der Waals surface area contributed by atoms with E-state index >= 15 is 0 Å². The summed E-state index contributed by atoms with van der Waals surface area (Å²) in [6, 6.07) is 9.58. The number of rotatable bonds is 6. The van der Waals surface area contributed by atoms with E-state index < -0.39 is 12.1 Å². The minimum absolute atomic E-state index is 0.113. The topological polar surface area (TPSA) is 66.8 Å². The molecule has 0 heterocycles. The van der Waals surface area contributed by atoms with E-state index in [-0.39, 0.29) is 13.0 Å². The van der Waals surface area contributed by atoms with Gasteiger partial charge in [-0.3, -0.25) is 0 Å². The van der Waals surface area contributed by atoms with Crippen molar-refractivity contribution in [2.75, 3.05) is 6.61 Å². The van der Waals surface area contributed by atoms with E-state index in [1.807, 2.05) is 30.3 Å². The number of ether oxygens (including phenoxy) is 1. The Morgan fingerprint density at radius 3 is 2.60 bits per heavy atom. The maximum absolute atomic E-state index is 10.3. The quantitative estimate of drug-likeness (QED) is 0.688. The zero-order chi connectivity index (χ0) is 11.1. The second-order valence-electron chi connectivity index (χ2n) is 3.18. The van der Waals surface area contributed by atoms with Gasteiger partial charge >= 0.3 is 5.97 Å². The Kier molecular flexibility index (Phi) is 4.80. The Bertz CT molecular complexity index is 297. The standard InChI is InChI=1S/C11H14O4/c12-10(11(13)14)6-7-15-8-9-4-2-1-3-5-9/h1-5,10,12H,6-8H2,(H,13,14)/t10-/m1/s1. The van der Waals surface area contributed by atoms with Crippen LogP contribution < -0.4 is 0 Å². The van der Waals surface area contributed by atoms with Crippen molar-refractivity contribution in [2.45, 2.75) is 19.1 Å². The molecule has 1 rings (SSSR count). The molecule has 0 amide bonds. The third kappa shape index (κ3) is 4.58. The lowest BCUT2D eigenvalue weighted by atomic mass is 10.2. The summed E-state index contributed by atoms with van der Waals surface area (Å²) in [6.45, 7) is 0.676. The largest absolute Gasteiger partial charge is 0.479 e. The molecule has 82 valence electrons. The van der Waals surface area contributed by atoms with Crippen LogP contribution in [0.1, 0.15) is 12.0 Å². The third-order valence-electron chi connectivity index (χ3n) is 1.93. The zero-order valence-electron chi connectivity index (χ0n) is 8.30. The molecule has 0 fully saturated rings. The first-order valence-electron chi connectivity index (χ1n) is 4.72. The van der Waals surface area contributed by atoms with Crippen molar-refractivity contribution < 1.29 is 19.7 Å². The maximum atomic E-state index is 10.3. The van der Waals surface area contributed by atoms with Gasteiger partial charge < -0.3 is 14.9 Å². The molecule has 1 aromatic carbocycles. The summed E-state index contributed by atoms with van der Waals surface area (Å²) < 4.78 is 5.22. The normalized spacial score (nSPS) is 12.3. The number of aliphatic carboxylic acids is 1. The van der Waals surface area contributed by atoms with Gasteiger partial charge in [0.1, 0.15) is 0 Å². The molecule has 0 aliphatic carbocycles. The van der Waals surface area contributed by atoms with Crippen LogP contribution in [0.4, 0.5) is 0 Å². The van der Waals surface area contributed by atoms with Gasteiger partial charge in [-0.1, -0.05) is 30.3 Å². The molecule has 0 spiro atoms. The van der Waals surface area contributed by atoms with Gasteiger partial charge in [-0.2, -0.15) is 0 Å². The molecule has 15 heavy (non-hydrogen) atoms. The van der Waals surface area contributed by atoms with Crippen molar-refractivity contribution in [1.29, 1.82) is 0 Å². The summed E-state index contributed by atoms with van der Waals surface area (Å²) in [4.78, 5) is 10.3. The van der Waals surface area contributed by atoms with Gasteiger partial charge in [0, 0.05) is 6.42 Å². The Hall–Kier alpha value is -1.39. The molecule has 1 aromatic rings. The van der Waals surface area contributed by atoms with E-state index in [1.54, 1.807) is 0 Å². The number of carboxylic acid groups (broad SMARTS) is 1. The van der Waals surface area contributed by atoms with Crippen LogP contribution >= 0.6 is 0 Å². The predicted molar refractivity (Wildman–Crippen MR) is 54.4 cm³/mol. The smallest absolute Gasteiger partial charge is 0.332 e. The van der Waals surface area contributed by atoms with Gasteiger partial charge in [0.15, 0.2) is 6.10 Å². The Morgan fingerprint density at radius 1 is 1.33 bits per heavy atom. The Morgan fingerprint density at radius 2 is 2.00 bits per heavy atom. The van der Waals surface area contributed by atoms with Crippen molar-refractivity contribution in [3.05, 3.63) is 35.9 Å². The first-order valence-corrected chi connectivity index (χ1v) is 4.72. The minimum Gasteiger partial charge on any atom is -0.479 e.